The van der Waals surface area contributed by atoms with E-state index < -0.39 is 30.7 Å². The highest BCUT2D eigenvalue weighted by atomic mass is 16.7. The lowest BCUT2D eigenvalue weighted by Crippen LogP contribution is -2.62. The lowest BCUT2D eigenvalue weighted by molar-refractivity contribution is -0.319. The quantitative estimate of drug-likeness (QED) is 0.120. The molecule has 9 nitrogen and oxygen atoms in total. The molecule has 162 valence electrons. The zero-order chi connectivity index (χ0) is 21.3. The second kappa shape index (κ2) is 15.9. The molecule has 0 aromatic carbocycles. The molecule has 1 saturated heterocycles. The van der Waals surface area contributed by atoms with Crippen LogP contribution in [0.4, 0.5) is 0 Å². The second-order valence-electron chi connectivity index (χ2n) is 5.95. The molecule has 0 aromatic rings. The third-order valence-electron chi connectivity index (χ3n) is 3.87. The highest BCUT2D eigenvalue weighted by molar-refractivity contribution is 4.94. The largest absolute Gasteiger partial charge is 0.375 e. The van der Waals surface area contributed by atoms with Gasteiger partial charge >= 0.3 is 0 Å². The summed E-state index contributed by atoms with van der Waals surface area (Å²) in [6.45, 7) is 16.5. The second-order valence-corrected chi connectivity index (χ2v) is 5.95. The molecular formula is C20H31N3O6. The molecule has 0 saturated carbocycles. The fourth-order valence-electron chi connectivity index (χ4n) is 2.77. The first-order valence-electron chi connectivity index (χ1n) is 9.37. The first-order valence-corrected chi connectivity index (χ1v) is 9.37. The van der Waals surface area contributed by atoms with E-state index >= 15 is 0 Å². The van der Waals surface area contributed by atoms with Gasteiger partial charge in [0.15, 0.2) is 6.29 Å². The van der Waals surface area contributed by atoms with E-state index in [1.54, 1.807) is 24.3 Å². The van der Waals surface area contributed by atoms with Crippen molar-refractivity contribution >= 4 is 0 Å². The molecule has 0 aromatic heterocycles. The van der Waals surface area contributed by atoms with Crippen LogP contribution in [0.25, 0.3) is 10.4 Å². The zero-order valence-electron chi connectivity index (χ0n) is 16.8. The summed E-state index contributed by atoms with van der Waals surface area (Å²) in [6.07, 6.45) is 3.67. The summed E-state index contributed by atoms with van der Waals surface area (Å²) in [4.78, 5) is 2.72. The average molecular weight is 409 g/mol. The Kier molecular flexibility index (Phi) is 13.7. The topological polar surface area (TPSA) is 104 Å². The number of rotatable bonds is 17. The van der Waals surface area contributed by atoms with E-state index in [2.05, 4.69) is 36.3 Å². The van der Waals surface area contributed by atoms with Gasteiger partial charge in [0.2, 0.25) is 0 Å². The van der Waals surface area contributed by atoms with Crippen LogP contribution >= 0.6 is 0 Å². The van der Waals surface area contributed by atoms with Crippen LogP contribution in [0.2, 0.25) is 0 Å². The predicted octanol–water partition coefficient (Wildman–Crippen LogP) is 2.95. The summed E-state index contributed by atoms with van der Waals surface area (Å²) < 4.78 is 35.3. The van der Waals surface area contributed by atoms with Crippen LogP contribution < -0.4 is 0 Å². The van der Waals surface area contributed by atoms with Crippen LogP contribution in [0.5, 0.6) is 0 Å². The normalized spacial score (nSPS) is 26.3. The maximum atomic E-state index is 8.45. The molecule has 1 rings (SSSR count). The van der Waals surface area contributed by atoms with Gasteiger partial charge < -0.3 is 28.4 Å². The average Bonchev–Trinajstić information content (AvgIpc) is 2.73. The van der Waals surface area contributed by atoms with Gasteiger partial charge in [-0.1, -0.05) is 29.4 Å². The Balaban J connectivity index is 3.07. The van der Waals surface area contributed by atoms with Crippen molar-refractivity contribution in [2.45, 2.75) is 30.7 Å². The summed E-state index contributed by atoms with van der Waals surface area (Å²) in [5.41, 5.74) is 8.45. The van der Waals surface area contributed by atoms with E-state index in [1.165, 1.54) is 0 Å². The SMILES string of the molecule is C=CCOC[C@H]1O[C@H](OCCN=[N+]=[N-])[C@@H](OCC=C)[C@@H](OCC=C)[C@@H]1OCC=C. The highest BCUT2D eigenvalue weighted by Gasteiger charge is 2.48. The summed E-state index contributed by atoms with van der Waals surface area (Å²) in [7, 11) is 0. The van der Waals surface area contributed by atoms with E-state index in [1.807, 2.05) is 0 Å². The molecule has 0 N–H and O–H groups in total. The minimum atomic E-state index is -0.778. The van der Waals surface area contributed by atoms with Gasteiger partial charge in [-0.15, -0.1) is 26.3 Å². The van der Waals surface area contributed by atoms with E-state index in [-0.39, 0.29) is 33.0 Å². The van der Waals surface area contributed by atoms with Gasteiger partial charge in [0, 0.05) is 11.5 Å². The van der Waals surface area contributed by atoms with Crippen molar-refractivity contribution in [1.82, 2.24) is 0 Å². The first kappa shape index (κ1) is 25.1. The van der Waals surface area contributed by atoms with Gasteiger partial charge in [-0.2, -0.15) is 0 Å². The van der Waals surface area contributed by atoms with Crippen molar-refractivity contribution in [2.24, 2.45) is 5.11 Å². The number of azide groups is 1. The molecule has 1 heterocycles. The van der Waals surface area contributed by atoms with Crippen LogP contribution in [0.1, 0.15) is 0 Å². The van der Waals surface area contributed by atoms with Crippen LogP contribution in [-0.2, 0) is 28.4 Å². The van der Waals surface area contributed by atoms with Gasteiger partial charge in [0.1, 0.15) is 24.4 Å². The summed E-state index contributed by atoms with van der Waals surface area (Å²) >= 11 is 0. The van der Waals surface area contributed by atoms with Crippen molar-refractivity contribution < 1.29 is 28.4 Å². The molecule has 1 fully saturated rings. The summed E-state index contributed by atoms with van der Waals surface area (Å²) in [5.74, 6) is 0. The smallest absolute Gasteiger partial charge is 0.186 e. The molecule has 0 aliphatic carbocycles. The number of hydrogen-bond acceptors (Lipinski definition) is 7. The van der Waals surface area contributed by atoms with Gasteiger partial charge in [-0.3, -0.25) is 0 Å². The van der Waals surface area contributed by atoms with E-state index in [9.17, 15) is 0 Å². The standard InChI is InChI=1S/C20H31N3O6/c1-5-10-24-15-16-17(25-11-6-2)18(26-12-7-3)19(27-13-8-4)20(29-16)28-14-9-22-23-21/h5-8,16-20H,1-4,9-15H2/t16-,17-,18+,19+,20+/m1/s1. The fraction of sp³-hybridized carbons (Fsp3) is 0.600. The van der Waals surface area contributed by atoms with Gasteiger partial charge in [-0.05, 0) is 5.53 Å². The number of nitrogens with zero attached hydrogens (tertiary/aromatic N) is 3. The van der Waals surface area contributed by atoms with Crippen molar-refractivity contribution in [2.75, 3.05) is 46.2 Å². The van der Waals surface area contributed by atoms with Crippen LogP contribution in [0, 0.1) is 0 Å². The Bertz CT molecular complexity index is 552. The van der Waals surface area contributed by atoms with E-state index in [0.717, 1.165) is 0 Å². The lowest BCUT2D eigenvalue weighted by atomic mass is 9.98. The molecule has 5 atom stereocenters. The Morgan fingerprint density at radius 2 is 1.41 bits per heavy atom. The first-order chi connectivity index (χ1) is 14.2. The molecular weight excluding hydrogens is 378 g/mol. The molecule has 9 heteroatoms. The Hall–Kier alpha value is -1.97. The molecule has 0 amide bonds. The molecule has 0 spiro atoms. The van der Waals surface area contributed by atoms with Gasteiger partial charge in [-0.25, -0.2) is 0 Å². The van der Waals surface area contributed by atoms with Crippen molar-refractivity contribution in [1.29, 1.82) is 0 Å². The van der Waals surface area contributed by atoms with Gasteiger partial charge in [0.25, 0.3) is 0 Å². The van der Waals surface area contributed by atoms with Gasteiger partial charge in [0.05, 0.1) is 39.6 Å². The third-order valence-corrected chi connectivity index (χ3v) is 3.87. The monoisotopic (exact) mass is 409 g/mol. The summed E-state index contributed by atoms with van der Waals surface area (Å²) in [6, 6.07) is 0. The molecule has 29 heavy (non-hydrogen) atoms. The molecule has 0 radical (unpaired) electrons. The molecule has 1 aliphatic rings. The summed E-state index contributed by atoms with van der Waals surface area (Å²) in [5, 5.41) is 3.47. The van der Waals surface area contributed by atoms with Crippen LogP contribution in [0.15, 0.2) is 55.7 Å². The van der Waals surface area contributed by atoms with Crippen molar-refractivity contribution in [3.63, 3.8) is 0 Å². The Morgan fingerprint density at radius 1 is 0.828 bits per heavy atom. The van der Waals surface area contributed by atoms with E-state index in [0.29, 0.717) is 13.2 Å². The maximum absolute atomic E-state index is 8.45. The highest BCUT2D eigenvalue weighted by Crippen LogP contribution is 2.29. The Morgan fingerprint density at radius 3 is 2.00 bits per heavy atom. The van der Waals surface area contributed by atoms with Crippen LogP contribution in [0.3, 0.4) is 0 Å². The van der Waals surface area contributed by atoms with Crippen LogP contribution in [-0.4, -0.2) is 76.9 Å². The molecule has 1 aliphatic heterocycles. The maximum Gasteiger partial charge on any atom is 0.186 e. The number of ether oxygens (including phenoxy) is 6. The zero-order valence-corrected chi connectivity index (χ0v) is 16.8. The lowest BCUT2D eigenvalue weighted by Gasteiger charge is -2.45. The minimum absolute atomic E-state index is 0.162. The minimum Gasteiger partial charge on any atom is -0.375 e. The van der Waals surface area contributed by atoms with Crippen molar-refractivity contribution in [3.8, 4) is 0 Å². The van der Waals surface area contributed by atoms with E-state index in [4.69, 9.17) is 34.0 Å². The third kappa shape index (κ3) is 8.93. The number of hydrogen-bond donors (Lipinski definition) is 0. The fourth-order valence-corrected chi connectivity index (χ4v) is 2.77. The Labute approximate surface area is 172 Å². The molecule has 0 bridgehead atoms. The molecule has 0 unspecified atom stereocenters. The van der Waals surface area contributed by atoms with Crippen molar-refractivity contribution in [3.05, 3.63) is 61.1 Å². The predicted molar refractivity (Wildman–Crippen MR) is 109 cm³/mol.